The Morgan fingerprint density at radius 1 is 1.25 bits per heavy atom. The monoisotopic (exact) mass is 335 g/mol. The van der Waals surface area contributed by atoms with Crippen molar-refractivity contribution in [2.45, 2.75) is 78.0 Å². The largest absolute Gasteiger partial charge is 0.490 e. The number of Topliss-reactive ketones (excluding diaryl/α,β-unsaturated/α-hetero) is 1. The van der Waals surface area contributed by atoms with Gasteiger partial charge >= 0.3 is 0 Å². The Hall–Kier alpha value is -1.42. The van der Waals surface area contributed by atoms with Crippen LogP contribution in [0.5, 0.6) is 5.75 Å². The summed E-state index contributed by atoms with van der Waals surface area (Å²) >= 11 is 0. The lowest BCUT2D eigenvalue weighted by Crippen LogP contribution is -2.49. The first kappa shape index (κ1) is 18.9. The van der Waals surface area contributed by atoms with E-state index in [1.165, 1.54) is 12.1 Å². The van der Waals surface area contributed by atoms with Crippen LogP contribution in [0.25, 0.3) is 0 Å². The summed E-state index contributed by atoms with van der Waals surface area (Å²) in [7, 11) is 0. The minimum Gasteiger partial charge on any atom is -0.490 e. The molecule has 4 heteroatoms. The molecule has 1 aromatic carbocycles. The molecule has 0 atom stereocenters. The molecule has 0 radical (unpaired) electrons. The molecular formula is C20H30FNO2. The van der Waals surface area contributed by atoms with Crippen molar-refractivity contribution in [3.63, 3.8) is 0 Å². The van der Waals surface area contributed by atoms with Crippen molar-refractivity contribution >= 4 is 5.78 Å². The standard InChI is InChI=1S/C20H30FNO2/c1-13(2)7-18(23)6-5-15-8-16(21)10-19(9-15)24-20-11-17(12-20)22-14(3)4/h8-10,13-14,17,20,22H,5-7,11-12H2,1-4H3/t17-,20+. The fraction of sp³-hybridized carbons (Fsp3) is 0.650. The Morgan fingerprint density at radius 3 is 2.58 bits per heavy atom. The average molecular weight is 335 g/mol. The Bertz CT molecular complexity index is 551. The van der Waals surface area contributed by atoms with E-state index in [0.29, 0.717) is 43.0 Å². The smallest absolute Gasteiger partial charge is 0.133 e. The van der Waals surface area contributed by atoms with Gasteiger partial charge in [-0.2, -0.15) is 0 Å². The highest BCUT2D eigenvalue weighted by Gasteiger charge is 2.31. The van der Waals surface area contributed by atoms with E-state index in [1.807, 2.05) is 19.9 Å². The molecule has 0 unspecified atom stereocenters. The number of carbonyl (C=O) groups excluding carboxylic acids is 1. The summed E-state index contributed by atoms with van der Waals surface area (Å²) in [6.45, 7) is 8.33. The fourth-order valence-electron chi connectivity index (χ4n) is 3.14. The summed E-state index contributed by atoms with van der Waals surface area (Å²) in [6, 6.07) is 5.77. The Kier molecular flexibility index (Phi) is 6.79. The van der Waals surface area contributed by atoms with Crippen LogP contribution in [0.1, 0.15) is 58.9 Å². The van der Waals surface area contributed by atoms with E-state index in [2.05, 4.69) is 19.2 Å². The van der Waals surface area contributed by atoms with Gasteiger partial charge in [-0.25, -0.2) is 4.39 Å². The van der Waals surface area contributed by atoms with Gasteiger partial charge in [0.25, 0.3) is 0 Å². The van der Waals surface area contributed by atoms with Gasteiger partial charge in [-0.15, -0.1) is 0 Å². The molecule has 3 nitrogen and oxygen atoms in total. The molecule has 0 spiro atoms. The number of ketones is 1. The molecule has 1 saturated carbocycles. The van der Waals surface area contributed by atoms with Crippen LogP contribution in [0.3, 0.4) is 0 Å². The molecule has 1 fully saturated rings. The molecule has 0 heterocycles. The molecule has 1 aliphatic rings. The van der Waals surface area contributed by atoms with Crippen LogP contribution >= 0.6 is 0 Å². The van der Waals surface area contributed by atoms with E-state index < -0.39 is 0 Å². The Morgan fingerprint density at radius 2 is 1.96 bits per heavy atom. The second-order valence-electron chi connectivity index (χ2n) is 7.66. The van der Waals surface area contributed by atoms with Crippen molar-refractivity contribution in [1.29, 1.82) is 0 Å². The fourth-order valence-corrected chi connectivity index (χ4v) is 3.14. The van der Waals surface area contributed by atoms with Crippen LogP contribution in [0.4, 0.5) is 4.39 Å². The van der Waals surface area contributed by atoms with E-state index in [4.69, 9.17) is 4.74 Å². The topological polar surface area (TPSA) is 38.3 Å². The highest BCUT2D eigenvalue weighted by atomic mass is 19.1. The zero-order valence-corrected chi connectivity index (χ0v) is 15.3. The molecular weight excluding hydrogens is 305 g/mol. The van der Waals surface area contributed by atoms with Crippen molar-refractivity contribution in [3.8, 4) is 5.75 Å². The summed E-state index contributed by atoms with van der Waals surface area (Å²) < 4.78 is 19.7. The van der Waals surface area contributed by atoms with Crippen LogP contribution < -0.4 is 10.1 Å². The lowest BCUT2D eigenvalue weighted by Gasteiger charge is -2.37. The van der Waals surface area contributed by atoms with Gasteiger partial charge < -0.3 is 10.1 Å². The molecule has 24 heavy (non-hydrogen) atoms. The molecule has 2 rings (SSSR count). The minimum absolute atomic E-state index is 0.151. The first-order valence-corrected chi connectivity index (χ1v) is 9.05. The summed E-state index contributed by atoms with van der Waals surface area (Å²) in [6.07, 6.45) is 3.68. The van der Waals surface area contributed by atoms with Gasteiger partial charge in [-0.3, -0.25) is 4.79 Å². The highest BCUT2D eigenvalue weighted by molar-refractivity contribution is 5.78. The molecule has 1 N–H and O–H groups in total. The number of carbonyl (C=O) groups is 1. The van der Waals surface area contributed by atoms with Gasteiger partial charge in [-0.05, 0) is 42.9 Å². The second-order valence-corrected chi connectivity index (χ2v) is 7.66. The predicted octanol–water partition coefficient (Wildman–Crippen LogP) is 4.28. The maximum Gasteiger partial charge on any atom is 0.133 e. The average Bonchev–Trinajstić information content (AvgIpc) is 2.41. The molecule has 0 aromatic heterocycles. The summed E-state index contributed by atoms with van der Waals surface area (Å²) in [4.78, 5) is 11.8. The van der Waals surface area contributed by atoms with Crippen LogP contribution in [-0.4, -0.2) is 24.0 Å². The van der Waals surface area contributed by atoms with Gasteiger partial charge in [0.05, 0.1) is 0 Å². The minimum atomic E-state index is -0.296. The van der Waals surface area contributed by atoms with Crippen molar-refractivity contribution in [3.05, 3.63) is 29.6 Å². The van der Waals surface area contributed by atoms with E-state index in [1.54, 1.807) is 0 Å². The third-order valence-electron chi connectivity index (χ3n) is 4.23. The third kappa shape index (κ3) is 6.23. The maximum atomic E-state index is 13.8. The van der Waals surface area contributed by atoms with Crippen molar-refractivity contribution in [1.82, 2.24) is 5.32 Å². The number of halogens is 1. The van der Waals surface area contributed by atoms with Gasteiger partial charge in [-0.1, -0.05) is 27.7 Å². The number of benzene rings is 1. The van der Waals surface area contributed by atoms with Crippen LogP contribution in [-0.2, 0) is 11.2 Å². The molecule has 0 bridgehead atoms. The molecule has 0 saturated heterocycles. The molecule has 1 aliphatic carbocycles. The Balaban J connectivity index is 1.84. The predicted molar refractivity (Wildman–Crippen MR) is 94.9 cm³/mol. The first-order valence-electron chi connectivity index (χ1n) is 9.05. The van der Waals surface area contributed by atoms with Gasteiger partial charge in [0.15, 0.2) is 0 Å². The van der Waals surface area contributed by atoms with Gasteiger partial charge in [0.2, 0.25) is 0 Å². The van der Waals surface area contributed by atoms with Crippen molar-refractivity contribution in [2.24, 2.45) is 5.92 Å². The lowest BCUT2D eigenvalue weighted by atomic mass is 9.88. The number of aryl methyl sites for hydroxylation is 1. The van der Waals surface area contributed by atoms with E-state index in [9.17, 15) is 9.18 Å². The summed E-state index contributed by atoms with van der Waals surface area (Å²) in [5.41, 5.74) is 0.832. The number of hydrogen-bond acceptors (Lipinski definition) is 3. The first-order chi connectivity index (χ1) is 11.3. The third-order valence-corrected chi connectivity index (χ3v) is 4.23. The van der Waals surface area contributed by atoms with Crippen LogP contribution in [0.2, 0.25) is 0 Å². The Labute approximate surface area is 145 Å². The van der Waals surface area contributed by atoms with Crippen molar-refractivity contribution in [2.75, 3.05) is 0 Å². The second kappa shape index (κ2) is 8.61. The van der Waals surface area contributed by atoms with Gasteiger partial charge in [0.1, 0.15) is 23.5 Å². The normalized spacial score (nSPS) is 20.3. The van der Waals surface area contributed by atoms with E-state index in [0.717, 1.165) is 18.4 Å². The summed E-state index contributed by atoms with van der Waals surface area (Å²) in [5.74, 6) is 0.887. The van der Waals surface area contributed by atoms with Crippen LogP contribution in [0, 0.1) is 11.7 Å². The zero-order valence-electron chi connectivity index (χ0n) is 15.3. The highest BCUT2D eigenvalue weighted by Crippen LogP contribution is 2.28. The molecule has 134 valence electrons. The molecule has 0 amide bonds. The number of rotatable bonds is 9. The quantitative estimate of drug-likeness (QED) is 0.732. The van der Waals surface area contributed by atoms with Crippen LogP contribution in [0.15, 0.2) is 18.2 Å². The number of hydrogen-bond donors (Lipinski definition) is 1. The number of nitrogens with one attached hydrogen (secondary N) is 1. The molecule has 1 aromatic rings. The van der Waals surface area contributed by atoms with Gasteiger partial charge in [0, 0.05) is 31.0 Å². The van der Waals surface area contributed by atoms with E-state index in [-0.39, 0.29) is 17.7 Å². The van der Waals surface area contributed by atoms with E-state index >= 15 is 0 Å². The lowest BCUT2D eigenvalue weighted by molar-refractivity contribution is -0.119. The zero-order chi connectivity index (χ0) is 17.7. The summed E-state index contributed by atoms with van der Waals surface area (Å²) in [5, 5.41) is 3.47. The maximum absolute atomic E-state index is 13.8. The molecule has 0 aliphatic heterocycles. The number of ether oxygens (including phenoxy) is 1. The van der Waals surface area contributed by atoms with Crippen molar-refractivity contribution < 1.29 is 13.9 Å². The SMILES string of the molecule is CC(C)CC(=O)CCc1cc(F)cc(O[C@H]2C[C@@H](NC(C)C)C2)c1.